The molecule has 0 aliphatic heterocycles. The van der Waals surface area contributed by atoms with Gasteiger partial charge >= 0.3 is 0 Å². The van der Waals surface area contributed by atoms with Gasteiger partial charge in [-0.15, -0.1) is 11.3 Å². The van der Waals surface area contributed by atoms with Crippen LogP contribution < -0.4 is 5.32 Å². The largest absolute Gasteiger partial charge is 0.310 e. The molecule has 0 atom stereocenters. The topological polar surface area (TPSA) is 42.7 Å². The highest BCUT2D eigenvalue weighted by molar-refractivity contribution is 7.15. The van der Waals surface area contributed by atoms with Crippen LogP contribution in [0.4, 0.5) is 0 Å². The number of nitrogens with zero attached hydrogens (tertiary/aromatic N) is 3. The molecule has 0 aliphatic rings. The van der Waals surface area contributed by atoms with E-state index in [1.807, 2.05) is 17.1 Å². The van der Waals surface area contributed by atoms with Gasteiger partial charge in [-0.05, 0) is 6.42 Å². The molecule has 0 saturated carbocycles. The Balaban J connectivity index is 2.04. The Morgan fingerprint density at radius 1 is 1.39 bits per heavy atom. The van der Waals surface area contributed by atoms with Crippen molar-refractivity contribution < 1.29 is 0 Å². The first-order valence-electron chi connectivity index (χ1n) is 6.40. The van der Waals surface area contributed by atoms with Gasteiger partial charge in [0.05, 0.1) is 6.20 Å². The van der Waals surface area contributed by atoms with E-state index in [1.165, 1.54) is 4.88 Å². The van der Waals surface area contributed by atoms with Crippen LogP contribution in [0.15, 0.2) is 18.6 Å². The zero-order valence-electron chi connectivity index (χ0n) is 11.2. The molecule has 0 bridgehead atoms. The number of nitrogens with one attached hydrogen (secondary N) is 1. The first-order valence-corrected chi connectivity index (χ1v) is 7.21. The molecule has 0 aromatic carbocycles. The predicted molar refractivity (Wildman–Crippen MR) is 75.6 cm³/mol. The smallest absolute Gasteiger partial charge is 0.126 e. The van der Waals surface area contributed by atoms with E-state index < -0.39 is 0 Å². The molecular weight excluding hydrogens is 244 g/mol. The zero-order chi connectivity index (χ0) is 13.0. The fourth-order valence-corrected chi connectivity index (χ4v) is 2.49. The van der Waals surface area contributed by atoms with Crippen LogP contribution in [0.1, 0.15) is 32.1 Å². The molecule has 0 spiro atoms. The molecular formula is C13H20N4S. The van der Waals surface area contributed by atoms with Crippen molar-refractivity contribution >= 4 is 11.3 Å². The van der Waals surface area contributed by atoms with Crippen molar-refractivity contribution in [3.63, 3.8) is 0 Å². The Morgan fingerprint density at radius 3 is 2.94 bits per heavy atom. The number of hydrogen-bond donors (Lipinski definition) is 1. The third-order valence-corrected chi connectivity index (χ3v) is 3.62. The Labute approximate surface area is 112 Å². The number of hydrogen-bond acceptors (Lipinski definition) is 4. The second kappa shape index (κ2) is 6.11. The maximum atomic E-state index is 4.46. The molecule has 18 heavy (non-hydrogen) atoms. The molecule has 0 amide bonds. The van der Waals surface area contributed by atoms with Gasteiger partial charge in [0.15, 0.2) is 0 Å². The number of rotatable bonds is 6. The van der Waals surface area contributed by atoms with E-state index in [2.05, 4.69) is 42.4 Å². The minimum atomic E-state index is 0.503. The molecule has 2 aromatic heterocycles. The molecule has 0 saturated heterocycles. The molecule has 0 radical (unpaired) electrons. The highest BCUT2D eigenvalue weighted by atomic mass is 32.1. The third kappa shape index (κ3) is 3.40. The summed E-state index contributed by atoms with van der Waals surface area (Å²) in [4.78, 5) is 5.73. The SMILES string of the molecule is CCCn1cc(-c2ncc(CNC(C)C)s2)cn1. The van der Waals surface area contributed by atoms with Crippen LogP contribution in [0.2, 0.25) is 0 Å². The second-order valence-corrected chi connectivity index (χ2v) is 5.77. The van der Waals surface area contributed by atoms with Crippen LogP contribution in [-0.2, 0) is 13.1 Å². The van der Waals surface area contributed by atoms with Gasteiger partial charge in [-0.1, -0.05) is 20.8 Å². The molecule has 2 rings (SSSR count). The highest BCUT2D eigenvalue weighted by Gasteiger charge is 2.07. The molecule has 5 heteroatoms. The van der Waals surface area contributed by atoms with Gasteiger partial charge in [0.2, 0.25) is 0 Å². The van der Waals surface area contributed by atoms with Crippen LogP contribution >= 0.6 is 11.3 Å². The molecule has 0 unspecified atom stereocenters. The van der Waals surface area contributed by atoms with Crippen molar-refractivity contribution in [2.45, 2.75) is 46.3 Å². The summed E-state index contributed by atoms with van der Waals surface area (Å²) < 4.78 is 1.97. The monoisotopic (exact) mass is 264 g/mol. The lowest BCUT2D eigenvalue weighted by Gasteiger charge is -2.04. The van der Waals surface area contributed by atoms with E-state index in [-0.39, 0.29) is 0 Å². The summed E-state index contributed by atoms with van der Waals surface area (Å²) in [6.45, 7) is 8.31. The standard InChI is InChI=1S/C13H20N4S/c1-4-5-17-9-11(6-16-17)13-15-8-12(18-13)7-14-10(2)3/h6,8-10,14H,4-5,7H2,1-3H3. The van der Waals surface area contributed by atoms with Gasteiger partial charge in [-0.2, -0.15) is 5.10 Å². The van der Waals surface area contributed by atoms with E-state index >= 15 is 0 Å². The van der Waals surface area contributed by atoms with Crippen molar-refractivity contribution in [1.82, 2.24) is 20.1 Å². The van der Waals surface area contributed by atoms with Crippen LogP contribution in [0, 0.1) is 0 Å². The minimum Gasteiger partial charge on any atom is -0.310 e. The van der Waals surface area contributed by atoms with Gasteiger partial charge < -0.3 is 5.32 Å². The molecule has 0 aliphatic carbocycles. The van der Waals surface area contributed by atoms with Crippen LogP contribution in [0.25, 0.3) is 10.6 Å². The fourth-order valence-electron chi connectivity index (χ4n) is 1.65. The maximum Gasteiger partial charge on any atom is 0.126 e. The molecule has 2 heterocycles. The molecule has 1 N–H and O–H groups in total. The zero-order valence-corrected chi connectivity index (χ0v) is 12.0. The van der Waals surface area contributed by atoms with E-state index in [4.69, 9.17) is 0 Å². The van der Waals surface area contributed by atoms with E-state index in [0.717, 1.165) is 30.1 Å². The first kappa shape index (κ1) is 13.2. The first-order chi connectivity index (χ1) is 8.69. The average Bonchev–Trinajstić information content (AvgIpc) is 2.94. The molecule has 4 nitrogen and oxygen atoms in total. The summed E-state index contributed by atoms with van der Waals surface area (Å²) in [6.07, 6.45) is 7.02. The maximum absolute atomic E-state index is 4.46. The molecule has 0 fully saturated rings. The Morgan fingerprint density at radius 2 is 2.22 bits per heavy atom. The summed E-state index contributed by atoms with van der Waals surface area (Å²) in [5.74, 6) is 0. The molecule has 98 valence electrons. The van der Waals surface area contributed by atoms with Crippen molar-refractivity contribution in [3.8, 4) is 10.6 Å². The van der Waals surface area contributed by atoms with E-state index in [0.29, 0.717) is 6.04 Å². The highest BCUT2D eigenvalue weighted by Crippen LogP contribution is 2.24. The van der Waals surface area contributed by atoms with E-state index in [1.54, 1.807) is 11.3 Å². The summed E-state index contributed by atoms with van der Waals surface area (Å²) >= 11 is 1.73. The Hall–Kier alpha value is -1.20. The van der Waals surface area contributed by atoms with Gasteiger partial charge in [0.25, 0.3) is 0 Å². The Bertz CT molecular complexity index is 487. The third-order valence-electron chi connectivity index (χ3n) is 2.57. The normalized spacial score (nSPS) is 11.3. The minimum absolute atomic E-state index is 0.503. The van der Waals surface area contributed by atoms with E-state index in [9.17, 15) is 0 Å². The van der Waals surface area contributed by atoms with Crippen molar-refractivity contribution in [2.24, 2.45) is 0 Å². The summed E-state index contributed by atoms with van der Waals surface area (Å²) in [7, 11) is 0. The lowest BCUT2D eigenvalue weighted by molar-refractivity contribution is 0.593. The average molecular weight is 264 g/mol. The fraction of sp³-hybridized carbons (Fsp3) is 0.538. The summed E-state index contributed by atoms with van der Waals surface area (Å²) in [5.41, 5.74) is 1.12. The predicted octanol–water partition coefficient (Wildman–Crippen LogP) is 2.91. The van der Waals surface area contributed by atoms with Crippen molar-refractivity contribution in [3.05, 3.63) is 23.5 Å². The van der Waals surface area contributed by atoms with Gasteiger partial charge in [-0.3, -0.25) is 4.68 Å². The quantitative estimate of drug-likeness (QED) is 0.872. The van der Waals surface area contributed by atoms with Gasteiger partial charge in [0, 0.05) is 42.0 Å². The van der Waals surface area contributed by atoms with Crippen LogP contribution in [0.3, 0.4) is 0 Å². The number of aromatic nitrogens is 3. The van der Waals surface area contributed by atoms with Crippen molar-refractivity contribution in [1.29, 1.82) is 0 Å². The summed E-state index contributed by atoms with van der Waals surface area (Å²) in [6, 6.07) is 0.503. The van der Waals surface area contributed by atoms with Gasteiger partial charge in [0.1, 0.15) is 5.01 Å². The Kier molecular flexibility index (Phi) is 4.49. The number of aryl methyl sites for hydroxylation is 1. The molecule has 2 aromatic rings. The van der Waals surface area contributed by atoms with Crippen LogP contribution in [-0.4, -0.2) is 20.8 Å². The lowest BCUT2D eigenvalue weighted by atomic mass is 10.4. The van der Waals surface area contributed by atoms with Crippen LogP contribution in [0.5, 0.6) is 0 Å². The lowest BCUT2D eigenvalue weighted by Crippen LogP contribution is -2.21. The van der Waals surface area contributed by atoms with Gasteiger partial charge in [-0.25, -0.2) is 4.98 Å². The van der Waals surface area contributed by atoms with Crippen molar-refractivity contribution in [2.75, 3.05) is 0 Å². The second-order valence-electron chi connectivity index (χ2n) is 4.66. The summed E-state index contributed by atoms with van der Waals surface area (Å²) in [5, 5.41) is 8.79. The number of thiazole rings is 1.